The molecule has 8 heteroatoms. The Labute approximate surface area is 237 Å². The van der Waals surface area contributed by atoms with Crippen molar-refractivity contribution in [2.75, 3.05) is 25.0 Å². The Balaban J connectivity index is 1.41. The molecule has 8 nitrogen and oxygen atoms in total. The van der Waals surface area contributed by atoms with Crippen LogP contribution in [-0.2, 0) is 0 Å². The van der Waals surface area contributed by atoms with Gasteiger partial charge >= 0.3 is 0 Å². The molecule has 6 aromatic rings. The van der Waals surface area contributed by atoms with Gasteiger partial charge in [-0.05, 0) is 74.2 Å². The molecule has 0 amide bonds. The number of hydrogen-bond donors (Lipinski definition) is 3. The zero-order valence-electron chi connectivity index (χ0n) is 22.9. The molecule has 3 fully saturated rings. The van der Waals surface area contributed by atoms with Gasteiger partial charge in [-0.3, -0.25) is 4.79 Å². The monoisotopic (exact) mass is 541 g/mol. The summed E-state index contributed by atoms with van der Waals surface area (Å²) in [6.45, 7) is 5.43. The second kappa shape index (κ2) is 9.45. The van der Waals surface area contributed by atoms with E-state index in [1.54, 1.807) is 12.5 Å². The maximum Gasteiger partial charge on any atom is 0.261 e. The number of imidazole rings is 2. The molecule has 3 N–H and O–H groups in total. The van der Waals surface area contributed by atoms with E-state index in [1.807, 2.05) is 35.0 Å². The Morgan fingerprint density at radius 1 is 0.951 bits per heavy atom. The zero-order valence-corrected chi connectivity index (χ0v) is 22.9. The molecule has 6 heterocycles. The summed E-state index contributed by atoms with van der Waals surface area (Å²) >= 11 is 0. The highest BCUT2D eigenvalue weighted by Crippen LogP contribution is 2.39. The van der Waals surface area contributed by atoms with Gasteiger partial charge in [0.2, 0.25) is 0 Å². The summed E-state index contributed by atoms with van der Waals surface area (Å²) in [6, 6.07) is 20.9. The first-order valence-electron chi connectivity index (χ1n) is 14.3. The largest absolute Gasteiger partial charge is 0.379 e. The minimum absolute atomic E-state index is 0.166. The smallest absolute Gasteiger partial charge is 0.261 e. The van der Waals surface area contributed by atoms with Crippen molar-refractivity contribution in [2.24, 2.45) is 5.92 Å². The van der Waals surface area contributed by atoms with E-state index in [0.29, 0.717) is 17.3 Å². The molecule has 0 radical (unpaired) electrons. The number of pyridine rings is 1. The summed E-state index contributed by atoms with van der Waals surface area (Å²) in [4.78, 5) is 32.3. The van der Waals surface area contributed by atoms with Gasteiger partial charge < -0.3 is 24.8 Å². The Morgan fingerprint density at radius 3 is 2.54 bits per heavy atom. The van der Waals surface area contributed by atoms with Gasteiger partial charge in [0.05, 0.1) is 34.3 Å². The van der Waals surface area contributed by atoms with Crippen LogP contribution in [0.4, 0.5) is 5.69 Å². The van der Waals surface area contributed by atoms with E-state index in [9.17, 15) is 4.79 Å². The highest BCUT2D eigenvalue weighted by Gasteiger charge is 2.35. The highest BCUT2D eigenvalue weighted by molar-refractivity contribution is 6.03. The molecule has 0 unspecified atom stereocenters. The molecule has 3 aliphatic heterocycles. The lowest BCUT2D eigenvalue weighted by atomic mass is 9.83. The van der Waals surface area contributed by atoms with Crippen molar-refractivity contribution in [2.45, 2.75) is 25.8 Å². The van der Waals surface area contributed by atoms with E-state index >= 15 is 0 Å². The first-order valence-corrected chi connectivity index (χ1v) is 14.3. The number of aryl methyl sites for hydroxylation is 1. The predicted octanol–water partition coefficient (Wildman–Crippen LogP) is 5.74. The topological polar surface area (TPSA) is 94.6 Å². The Kier molecular flexibility index (Phi) is 5.56. The van der Waals surface area contributed by atoms with Gasteiger partial charge in [-0.15, -0.1) is 0 Å². The molecule has 1 atom stereocenters. The SMILES string of the molecule is Cc1ccccc1-c1cc2c(N[C@H]3CN4CCC3CC4)c(-c3nc4ccccc4[nH]3)c(=O)[nH]c2cc1-n1ccnc1. The lowest BCUT2D eigenvalue weighted by molar-refractivity contribution is 0.0976. The summed E-state index contributed by atoms with van der Waals surface area (Å²) < 4.78 is 2.01. The molecular formula is C33H31N7O. The molecule has 41 heavy (non-hydrogen) atoms. The number of hydrogen-bond acceptors (Lipinski definition) is 5. The van der Waals surface area contributed by atoms with Crippen molar-refractivity contribution in [3.8, 4) is 28.2 Å². The first-order chi connectivity index (χ1) is 20.1. The van der Waals surface area contributed by atoms with Crippen LogP contribution in [0.3, 0.4) is 0 Å². The molecule has 3 aliphatic rings. The number of rotatable bonds is 5. The number of para-hydroxylation sites is 2. The van der Waals surface area contributed by atoms with Crippen molar-refractivity contribution in [3.63, 3.8) is 0 Å². The molecule has 0 saturated carbocycles. The van der Waals surface area contributed by atoms with E-state index in [2.05, 4.69) is 68.5 Å². The van der Waals surface area contributed by atoms with Crippen LogP contribution in [0.5, 0.6) is 0 Å². The molecule has 0 aliphatic carbocycles. The Morgan fingerprint density at radius 2 is 1.78 bits per heavy atom. The number of benzene rings is 3. The lowest BCUT2D eigenvalue weighted by Crippen LogP contribution is -2.53. The second-order valence-corrected chi connectivity index (χ2v) is 11.4. The van der Waals surface area contributed by atoms with Crippen molar-refractivity contribution in [1.29, 1.82) is 0 Å². The minimum Gasteiger partial charge on any atom is -0.379 e. The quantitative estimate of drug-likeness (QED) is 0.259. The summed E-state index contributed by atoms with van der Waals surface area (Å²) in [6.07, 6.45) is 7.88. The molecule has 9 rings (SSSR count). The van der Waals surface area contributed by atoms with E-state index in [1.165, 1.54) is 18.4 Å². The Bertz CT molecular complexity index is 1930. The fourth-order valence-electron chi connectivity index (χ4n) is 6.80. The number of piperidine rings is 3. The van der Waals surface area contributed by atoms with E-state index in [0.717, 1.165) is 64.1 Å². The van der Waals surface area contributed by atoms with Crippen LogP contribution in [0, 0.1) is 12.8 Å². The van der Waals surface area contributed by atoms with Crippen LogP contribution in [-0.4, -0.2) is 55.1 Å². The maximum absolute atomic E-state index is 14.0. The number of H-pyrrole nitrogens is 2. The number of nitrogens with zero attached hydrogens (tertiary/aromatic N) is 4. The third-order valence-electron chi connectivity index (χ3n) is 8.96. The van der Waals surface area contributed by atoms with Crippen LogP contribution < -0.4 is 10.9 Å². The van der Waals surface area contributed by atoms with Crippen molar-refractivity contribution < 1.29 is 0 Å². The fourth-order valence-corrected chi connectivity index (χ4v) is 6.80. The average Bonchev–Trinajstić information content (AvgIpc) is 3.68. The average molecular weight is 542 g/mol. The summed E-state index contributed by atoms with van der Waals surface area (Å²) in [5.41, 5.74) is 8.12. The summed E-state index contributed by atoms with van der Waals surface area (Å²) in [7, 11) is 0. The zero-order chi connectivity index (χ0) is 27.5. The first kappa shape index (κ1) is 24.1. The van der Waals surface area contributed by atoms with Gasteiger partial charge in [0.1, 0.15) is 11.4 Å². The second-order valence-electron chi connectivity index (χ2n) is 11.4. The summed E-state index contributed by atoms with van der Waals surface area (Å²) in [5.74, 6) is 1.16. The number of aromatic nitrogens is 5. The van der Waals surface area contributed by atoms with Crippen molar-refractivity contribution >= 4 is 27.6 Å². The van der Waals surface area contributed by atoms with Crippen LogP contribution in [0.15, 0.2) is 84.2 Å². The molecular weight excluding hydrogens is 510 g/mol. The van der Waals surface area contributed by atoms with Crippen molar-refractivity contribution in [1.82, 2.24) is 29.4 Å². The third kappa shape index (κ3) is 4.05. The van der Waals surface area contributed by atoms with Crippen LogP contribution in [0.25, 0.3) is 50.1 Å². The molecule has 3 aromatic carbocycles. The lowest BCUT2D eigenvalue weighted by Gasteiger charge is -2.45. The number of fused-ring (bicyclic) bond motifs is 5. The van der Waals surface area contributed by atoms with Gasteiger partial charge in [0, 0.05) is 35.9 Å². The molecule has 0 spiro atoms. The highest BCUT2D eigenvalue weighted by atomic mass is 16.1. The molecule has 204 valence electrons. The number of anilines is 1. The van der Waals surface area contributed by atoms with E-state index in [4.69, 9.17) is 4.98 Å². The van der Waals surface area contributed by atoms with Crippen LogP contribution >= 0.6 is 0 Å². The Hall–Kier alpha value is -4.69. The fraction of sp³-hybridized carbons (Fsp3) is 0.242. The number of aromatic amines is 2. The van der Waals surface area contributed by atoms with Gasteiger partial charge in [-0.25, -0.2) is 9.97 Å². The van der Waals surface area contributed by atoms with Crippen LogP contribution in [0.1, 0.15) is 18.4 Å². The molecule has 3 saturated heterocycles. The predicted molar refractivity (Wildman–Crippen MR) is 164 cm³/mol. The van der Waals surface area contributed by atoms with E-state index < -0.39 is 0 Å². The van der Waals surface area contributed by atoms with E-state index in [-0.39, 0.29) is 11.6 Å². The normalized spacial score (nSPS) is 20.2. The van der Waals surface area contributed by atoms with Gasteiger partial charge in [-0.2, -0.15) is 0 Å². The van der Waals surface area contributed by atoms with Gasteiger partial charge in [-0.1, -0.05) is 36.4 Å². The van der Waals surface area contributed by atoms with Gasteiger partial charge in [0.25, 0.3) is 5.56 Å². The third-order valence-corrected chi connectivity index (χ3v) is 8.96. The molecule has 3 aromatic heterocycles. The maximum atomic E-state index is 14.0. The number of nitrogens with one attached hydrogen (secondary N) is 3. The molecule has 2 bridgehead atoms. The standard InChI is InChI=1S/C33H31N7O/c1-20-6-2-3-7-22(20)23-16-24-27(17-29(23)40-15-12-34-19-40)38-33(41)30(32-36-25-8-4-5-9-26(25)37-32)31(24)35-28-18-39-13-10-21(28)11-14-39/h2-9,12,15-17,19,21,28H,10-11,13-14,18H2,1H3,(H,36,37)(H2,35,38,41)/t28-/m0/s1. The van der Waals surface area contributed by atoms with Crippen LogP contribution in [0.2, 0.25) is 0 Å². The van der Waals surface area contributed by atoms with Crippen molar-refractivity contribution in [3.05, 3.63) is 95.3 Å². The summed E-state index contributed by atoms with van der Waals surface area (Å²) in [5, 5.41) is 4.89. The van der Waals surface area contributed by atoms with Gasteiger partial charge in [0.15, 0.2) is 0 Å². The minimum atomic E-state index is -0.166.